The molecule has 0 aromatic carbocycles. The van der Waals surface area contributed by atoms with Crippen LogP contribution in [0.2, 0.25) is 0 Å². The standard InChI is InChI=1S/C20H28O/c1-19-11-4-3-5-14(19)6-8-16-17-9-7-15(13-21)20(17,2)12-10-18(16)19/h3-5,13,15-18H,6-12H2,1-2H3/t15?,16-,17-,18-,19-,20+/m0/s1. The van der Waals surface area contributed by atoms with Gasteiger partial charge in [-0.2, -0.15) is 0 Å². The first-order valence-corrected chi connectivity index (χ1v) is 8.91. The third-order valence-electron chi connectivity index (χ3n) is 7.95. The molecule has 0 bridgehead atoms. The lowest BCUT2D eigenvalue weighted by molar-refractivity contribution is -0.117. The highest BCUT2D eigenvalue weighted by Gasteiger charge is 2.58. The highest BCUT2D eigenvalue weighted by molar-refractivity contribution is 5.56. The molecule has 3 fully saturated rings. The van der Waals surface area contributed by atoms with Gasteiger partial charge in [-0.3, -0.25) is 0 Å². The molecule has 21 heavy (non-hydrogen) atoms. The number of hydrogen-bond acceptors (Lipinski definition) is 1. The fourth-order valence-electron chi connectivity index (χ4n) is 6.64. The van der Waals surface area contributed by atoms with Gasteiger partial charge in [-0.15, -0.1) is 0 Å². The number of carbonyl (C=O) groups is 1. The van der Waals surface area contributed by atoms with E-state index in [4.69, 9.17) is 0 Å². The van der Waals surface area contributed by atoms with Crippen LogP contribution < -0.4 is 0 Å². The van der Waals surface area contributed by atoms with Gasteiger partial charge in [0.15, 0.2) is 0 Å². The van der Waals surface area contributed by atoms with Crippen molar-refractivity contribution in [1.29, 1.82) is 0 Å². The monoisotopic (exact) mass is 284 g/mol. The number of carbonyl (C=O) groups excluding carboxylic acids is 1. The van der Waals surface area contributed by atoms with Crippen molar-refractivity contribution in [2.45, 2.75) is 58.8 Å². The second kappa shape index (κ2) is 4.57. The molecule has 0 radical (unpaired) electrons. The van der Waals surface area contributed by atoms with Crippen LogP contribution >= 0.6 is 0 Å². The first-order valence-electron chi connectivity index (χ1n) is 8.91. The lowest BCUT2D eigenvalue weighted by Crippen LogP contribution is -2.49. The van der Waals surface area contributed by atoms with E-state index < -0.39 is 0 Å². The molecule has 0 amide bonds. The van der Waals surface area contributed by atoms with Crippen LogP contribution in [0.4, 0.5) is 0 Å². The predicted molar refractivity (Wildman–Crippen MR) is 85.8 cm³/mol. The summed E-state index contributed by atoms with van der Waals surface area (Å²) in [6.45, 7) is 4.95. The maximum atomic E-state index is 11.5. The molecule has 4 rings (SSSR count). The molecule has 0 N–H and O–H groups in total. The van der Waals surface area contributed by atoms with E-state index in [-0.39, 0.29) is 0 Å². The van der Waals surface area contributed by atoms with Gasteiger partial charge in [0, 0.05) is 5.92 Å². The van der Waals surface area contributed by atoms with Crippen LogP contribution in [0, 0.1) is 34.5 Å². The quantitative estimate of drug-likeness (QED) is 0.624. The molecule has 0 heterocycles. The number of hydrogen-bond donors (Lipinski definition) is 0. The van der Waals surface area contributed by atoms with Gasteiger partial charge in [0.05, 0.1) is 0 Å². The van der Waals surface area contributed by atoms with Crippen molar-refractivity contribution in [2.75, 3.05) is 0 Å². The summed E-state index contributed by atoms with van der Waals surface area (Å²) in [6.07, 6.45) is 17.3. The van der Waals surface area contributed by atoms with E-state index in [0.717, 1.165) is 24.2 Å². The van der Waals surface area contributed by atoms with Gasteiger partial charge in [-0.1, -0.05) is 37.6 Å². The summed E-state index contributed by atoms with van der Waals surface area (Å²) in [5, 5.41) is 0. The van der Waals surface area contributed by atoms with Crippen molar-refractivity contribution < 1.29 is 4.79 Å². The van der Waals surface area contributed by atoms with Gasteiger partial charge in [0.25, 0.3) is 0 Å². The zero-order valence-electron chi connectivity index (χ0n) is 13.5. The molecule has 1 unspecified atom stereocenters. The first-order chi connectivity index (χ1) is 10.1. The molecule has 0 aliphatic heterocycles. The van der Waals surface area contributed by atoms with Crippen molar-refractivity contribution in [3.05, 3.63) is 23.8 Å². The molecule has 6 atom stereocenters. The Morgan fingerprint density at radius 3 is 2.81 bits per heavy atom. The zero-order chi connectivity index (χ0) is 14.7. The Morgan fingerprint density at radius 1 is 1.14 bits per heavy atom. The summed E-state index contributed by atoms with van der Waals surface area (Å²) in [6, 6.07) is 0. The molecular weight excluding hydrogens is 256 g/mol. The zero-order valence-corrected chi connectivity index (χ0v) is 13.5. The van der Waals surface area contributed by atoms with Crippen LogP contribution in [0.1, 0.15) is 58.8 Å². The Balaban J connectivity index is 1.68. The summed E-state index contributed by atoms with van der Waals surface area (Å²) in [5.41, 5.74) is 2.43. The summed E-state index contributed by atoms with van der Waals surface area (Å²) in [4.78, 5) is 11.5. The Labute approximate surface area is 128 Å². The smallest absolute Gasteiger partial charge is 0.123 e. The molecule has 4 aliphatic rings. The third kappa shape index (κ3) is 1.72. The van der Waals surface area contributed by atoms with E-state index in [1.54, 1.807) is 5.57 Å². The summed E-state index contributed by atoms with van der Waals surface area (Å²) < 4.78 is 0. The van der Waals surface area contributed by atoms with Crippen LogP contribution in [-0.4, -0.2) is 6.29 Å². The fraction of sp³-hybridized carbons (Fsp3) is 0.750. The molecule has 0 saturated heterocycles. The number of rotatable bonds is 1. The Morgan fingerprint density at radius 2 is 2.00 bits per heavy atom. The highest BCUT2D eigenvalue weighted by atomic mass is 16.1. The minimum atomic E-state index is 0.311. The van der Waals surface area contributed by atoms with Gasteiger partial charge < -0.3 is 4.79 Å². The molecule has 114 valence electrons. The van der Waals surface area contributed by atoms with Crippen molar-refractivity contribution in [3.8, 4) is 0 Å². The molecule has 1 nitrogen and oxygen atoms in total. The Bertz CT molecular complexity index is 516. The number of fused-ring (bicyclic) bond motifs is 5. The number of aldehydes is 1. The SMILES string of the molecule is C[C@]12CC=CC=C1CC[C@@H]1[C@@H]2CC[C@]2(C)C(C=O)CC[C@@H]12. The third-order valence-corrected chi connectivity index (χ3v) is 7.95. The van der Waals surface area contributed by atoms with Gasteiger partial charge in [-0.05, 0) is 73.5 Å². The Hall–Kier alpha value is -0.850. The molecule has 4 aliphatic carbocycles. The lowest BCUT2D eigenvalue weighted by Gasteiger charge is -2.57. The average molecular weight is 284 g/mol. The average Bonchev–Trinajstić information content (AvgIpc) is 2.83. The van der Waals surface area contributed by atoms with Gasteiger partial charge in [0.2, 0.25) is 0 Å². The fourth-order valence-corrected chi connectivity index (χ4v) is 6.64. The maximum absolute atomic E-state index is 11.5. The molecule has 3 saturated carbocycles. The largest absolute Gasteiger partial charge is 0.303 e. The molecule has 0 aromatic heterocycles. The van der Waals surface area contributed by atoms with E-state index in [9.17, 15) is 4.79 Å². The molecule has 1 heteroatoms. The van der Waals surface area contributed by atoms with Crippen LogP contribution in [0.15, 0.2) is 23.8 Å². The molecule has 0 aromatic rings. The van der Waals surface area contributed by atoms with Crippen LogP contribution in [0.5, 0.6) is 0 Å². The first kappa shape index (κ1) is 13.8. The normalized spacial score (nSPS) is 51.6. The predicted octanol–water partition coefficient (Wildman–Crippen LogP) is 4.93. The molecule has 0 spiro atoms. The highest BCUT2D eigenvalue weighted by Crippen LogP contribution is 2.65. The van der Waals surface area contributed by atoms with E-state index >= 15 is 0 Å². The van der Waals surface area contributed by atoms with Crippen molar-refractivity contribution in [1.82, 2.24) is 0 Å². The maximum Gasteiger partial charge on any atom is 0.123 e. The molecular formula is C20H28O. The van der Waals surface area contributed by atoms with Gasteiger partial charge in [-0.25, -0.2) is 0 Å². The van der Waals surface area contributed by atoms with E-state index in [1.807, 2.05) is 0 Å². The van der Waals surface area contributed by atoms with Crippen LogP contribution in [0.25, 0.3) is 0 Å². The minimum Gasteiger partial charge on any atom is -0.303 e. The number of allylic oxidation sites excluding steroid dienone is 4. The van der Waals surface area contributed by atoms with Crippen molar-refractivity contribution in [2.24, 2.45) is 34.5 Å². The Kier molecular flexibility index (Phi) is 3.00. The second-order valence-electron chi connectivity index (χ2n) is 8.52. The van der Waals surface area contributed by atoms with E-state index in [2.05, 4.69) is 32.1 Å². The van der Waals surface area contributed by atoms with Crippen LogP contribution in [-0.2, 0) is 4.79 Å². The minimum absolute atomic E-state index is 0.311. The second-order valence-corrected chi connectivity index (χ2v) is 8.52. The summed E-state index contributed by atoms with van der Waals surface area (Å²) in [5.74, 6) is 2.85. The summed E-state index contributed by atoms with van der Waals surface area (Å²) >= 11 is 0. The van der Waals surface area contributed by atoms with E-state index in [1.165, 1.54) is 44.8 Å². The van der Waals surface area contributed by atoms with E-state index in [0.29, 0.717) is 16.7 Å². The topological polar surface area (TPSA) is 17.1 Å². The summed E-state index contributed by atoms with van der Waals surface area (Å²) in [7, 11) is 0. The van der Waals surface area contributed by atoms with Crippen molar-refractivity contribution in [3.63, 3.8) is 0 Å². The van der Waals surface area contributed by atoms with Crippen LogP contribution in [0.3, 0.4) is 0 Å². The van der Waals surface area contributed by atoms with Gasteiger partial charge >= 0.3 is 0 Å². The van der Waals surface area contributed by atoms with Gasteiger partial charge in [0.1, 0.15) is 6.29 Å². The lowest BCUT2D eigenvalue weighted by atomic mass is 9.47. The van der Waals surface area contributed by atoms with Crippen molar-refractivity contribution >= 4 is 6.29 Å².